The first kappa shape index (κ1) is 16.3. The summed E-state index contributed by atoms with van der Waals surface area (Å²) in [6, 6.07) is 8.12. The van der Waals surface area contributed by atoms with Crippen LogP contribution in [0.25, 0.3) is 6.08 Å². The molecular weight excluding hydrogens is 276 g/mol. The Hall–Kier alpha value is -2.10. The smallest absolute Gasteiger partial charge is 0.244 e. The van der Waals surface area contributed by atoms with Gasteiger partial charge in [-0.1, -0.05) is 38.1 Å². The number of rotatable bonds is 4. The Balaban J connectivity index is 1.89. The minimum atomic E-state index is -0.146. The molecule has 1 aromatic rings. The molecule has 0 bridgehead atoms. The van der Waals surface area contributed by atoms with Crippen molar-refractivity contribution >= 4 is 17.9 Å². The summed E-state index contributed by atoms with van der Waals surface area (Å²) in [5.41, 5.74) is 2.28. The van der Waals surface area contributed by atoms with Gasteiger partial charge in [0, 0.05) is 25.1 Å². The molecule has 1 aliphatic heterocycles. The minimum Gasteiger partial charge on any atom is -0.356 e. The van der Waals surface area contributed by atoms with E-state index in [2.05, 4.69) is 36.6 Å². The molecule has 2 N–H and O–H groups in total. The predicted octanol–water partition coefficient (Wildman–Crippen LogP) is 2.61. The Kier molecular flexibility index (Phi) is 5.75. The Morgan fingerprint density at radius 1 is 1.32 bits per heavy atom. The summed E-state index contributed by atoms with van der Waals surface area (Å²) in [6.07, 6.45) is 5.44. The van der Waals surface area contributed by atoms with Gasteiger partial charge in [-0.2, -0.15) is 0 Å². The van der Waals surface area contributed by atoms with Gasteiger partial charge in [0.15, 0.2) is 0 Å². The molecule has 2 rings (SSSR count). The first-order chi connectivity index (χ1) is 10.5. The van der Waals surface area contributed by atoms with E-state index in [0.717, 1.165) is 18.4 Å². The second-order valence-corrected chi connectivity index (χ2v) is 6.06. The molecule has 0 spiro atoms. The molecule has 22 heavy (non-hydrogen) atoms. The molecule has 0 aromatic heterocycles. The predicted molar refractivity (Wildman–Crippen MR) is 88.4 cm³/mol. The number of hydrogen-bond donors (Lipinski definition) is 2. The first-order valence-corrected chi connectivity index (χ1v) is 7.90. The maximum atomic E-state index is 11.9. The standard InChI is InChI=1S/C18H24N2O2/c1-13(2)15-8-5-14(6-9-15)7-10-17(21)20-16-4-3-11-19-18(22)12-16/h5-10,13,16H,3-4,11-12H2,1-2H3,(H,19,22)(H,20,21). The van der Waals surface area contributed by atoms with E-state index in [1.54, 1.807) is 6.08 Å². The highest BCUT2D eigenvalue weighted by Gasteiger charge is 2.18. The van der Waals surface area contributed by atoms with Crippen molar-refractivity contribution in [2.75, 3.05) is 6.54 Å². The van der Waals surface area contributed by atoms with Crippen molar-refractivity contribution in [3.8, 4) is 0 Å². The van der Waals surface area contributed by atoms with Gasteiger partial charge in [0.25, 0.3) is 0 Å². The van der Waals surface area contributed by atoms with Gasteiger partial charge in [0.05, 0.1) is 0 Å². The molecular formula is C18H24N2O2. The van der Waals surface area contributed by atoms with Crippen molar-refractivity contribution in [1.29, 1.82) is 0 Å². The van der Waals surface area contributed by atoms with E-state index in [9.17, 15) is 9.59 Å². The average molecular weight is 300 g/mol. The summed E-state index contributed by atoms with van der Waals surface area (Å²) >= 11 is 0. The fourth-order valence-corrected chi connectivity index (χ4v) is 2.51. The summed E-state index contributed by atoms with van der Waals surface area (Å²) in [5, 5.41) is 5.71. The zero-order chi connectivity index (χ0) is 15.9. The van der Waals surface area contributed by atoms with Gasteiger partial charge in [-0.05, 0) is 36.0 Å². The van der Waals surface area contributed by atoms with Crippen LogP contribution in [0.5, 0.6) is 0 Å². The van der Waals surface area contributed by atoms with Crippen LogP contribution in [0, 0.1) is 0 Å². The van der Waals surface area contributed by atoms with Crippen molar-refractivity contribution in [2.24, 2.45) is 0 Å². The molecule has 2 amide bonds. The second kappa shape index (κ2) is 7.78. The molecule has 0 radical (unpaired) electrons. The van der Waals surface area contributed by atoms with Crippen LogP contribution < -0.4 is 10.6 Å². The third kappa shape index (κ3) is 5.02. The average Bonchev–Trinajstić information content (AvgIpc) is 2.69. The summed E-state index contributed by atoms with van der Waals surface area (Å²) in [4.78, 5) is 23.4. The van der Waals surface area contributed by atoms with Gasteiger partial charge in [-0.25, -0.2) is 0 Å². The lowest BCUT2D eigenvalue weighted by Crippen LogP contribution is -2.35. The quantitative estimate of drug-likeness (QED) is 0.840. The zero-order valence-corrected chi connectivity index (χ0v) is 13.3. The lowest BCUT2D eigenvalue weighted by molar-refractivity contribution is -0.121. The van der Waals surface area contributed by atoms with Gasteiger partial charge in [0.2, 0.25) is 11.8 Å². The van der Waals surface area contributed by atoms with Crippen LogP contribution >= 0.6 is 0 Å². The van der Waals surface area contributed by atoms with E-state index >= 15 is 0 Å². The van der Waals surface area contributed by atoms with Gasteiger partial charge in [-0.3, -0.25) is 9.59 Å². The van der Waals surface area contributed by atoms with E-state index < -0.39 is 0 Å². The molecule has 4 heteroatoms. The highest BCUT2D eigenvalue weighted by molar-refractivity contribution is 5.92. The maximum Gasteiger partial charge on any atom is 0.244 e. The Bertz CT molecular complexity index is 547. The SMILES string of the molecule is CC(C)c1ccc(C=CC(=O)NC2CCCNC(=O)C2)cc1. The number of nitrogens with one attached hydrogen (secondary N) is 2. The number of amides is 2. The molecule has 1 saturated heterocycles. The van der Waals surface area contributed by atoms with Crippen molar-refractivity contribution in [3.63, 3.8) is 0 Å². The van der Waals surface area contributed by atoms with E-state index in [0.29, 0.717) is 18.9 Å². The van der Waals surface area contributed by atoms with Crippen LogP contribution in [0.15, 0.2) is 30.3 Å². The summed E-state index contributed by atoms with van der Waals surface area (Å²) in [6.45, 7) is 5.01. The van der Waals surface area contributed by atoms with Crippen LogP contribution in [0.3, 0.4) is 0 Å². The fourth-order valence-electron chi connectivity index (χ4n) is 2.51. The summed E-state index contributed by atoms with van der Waals surface area (Å²) < 4.78 is 0. The number of carbonyl (C=O) groups is 2. The molecule has 0 aliphatic carbocycles. The van der Waals surface area contributed by atoms with Crippen LogP contribution in [-0.2, 0) is 9.59 Å². The number of carbonyl (C=O) groups excluding carboxylic acids is 2. The number of benzene rings is 1. The van der Waals surface area contributed by atoms with Crippen molar-refractivity contribution in [2.45, 2.75) is 45.1 Å². The molecule has 1 fully saturated rings. The molecule has 0 saturated carbocycles. The van der Waals surface area contributed by atoms with Crippen molar-refractivity contribution in [1.82, 2.24) is 10.6 Å². The minimum absolute atomic E-state index is 0.0102. The topological polar surface area (TPSA) is 58.2 Å². The van der Waals surface area contributed by atoms with Gasteiger partial charge >= 0.3 is 0 Å². The highest BCUT2D eigenvalue weighted by Crippen LogP contribution is 2.15. The Morgan fingerprint density at radius 3 is 2.73 bits per heavy atom. The Labute approximate surface area is 132 Å². The summed E-state index contributed by atoms with van der Waals surface area (Å²) in [5.74, 6) is 0.367. The summed E-state index contributed by atoms with van der Waals surface area (Å²) in [7, 11) is 0. The molecule has 1 atom stereocenters. The van der Waals surface area contributed by atoms with Crippen LogP contribution in [0.4, 0.5) is 0 Å². The first-order valence-electron chi connectivity index (χ1n) is 7.90. The van der Waals surface area contributed by atoms with Gasteiger partial charge in [-0.15, -0.1) is 0 Å². The third-order valence-electron chi connectivity index (χ3n) is 3.86. The molecule has 1 aromatic carbocycles. The highest BCUT2D eigenvalue weighted by atomic mass is 16.2. The lowest BCUT2D eigenvalue weighted by atomic mass is 10.0. The van der Waals surface area contributed by atoms with Crippen LogP contribution in [0.1, 0.15) is 50.2 Å². The molecule has 4 nitrogen and oxygen atoms in total. The van der Waals surface area contributed by atoms with Gasteiger partial charge < -0.3 is 10.6 Å². The normalized spacial score (nSPS) is 19.0. The molecule has 1 aliphatic rings. The number of hydrogen-bond acceptors (Lipinski definition) is 2. The molecule has 1 unspecified atom stereocenters. The second-order valence-electron chi connectivity index (χ2n) is 6.06. The van der Waals surface area contributed by atoms with E-state index in [-0.39, 0.29) is 17.9 Å². The molecule has 1 heterocycles. The third-order valence-corrected chi connectivity index (χ3v) is 3.86. The van der Waals surface area contributed by atoms with E-state index in [4.69, 9.17) is 0 Å². The largest absolute Gasteiger partial charge is 0.356 e. The van der Waals surface area contributed by atoms with Gasteiger partial charge in [0.1, 0.15) is 0 Å². The van der Waals surface area contributed by atoms with Crippen molar-refractivity contribution < 1.29 is 9.59 Å². The zero-order valence-electron chi connectivity index (χ0n) is 13.3. The molecule has 118 valence electrons. The van der Waals surface area contributed by atoms with Crippen LogP contribution in [-0.4, -0.2) is 24.4 Å². The Morgan fingerprint density at radius 2 is 2.05 bits per heavy atom. The fraction of sp³-hybridized carbons (Fsp3) is 0.444. The maximum absolute atomic E-state index is 11.9. The van der Waals surface area contributed by atoms with E-state index in [1.165, 1.54) is 11.6 Å². The van der Waals surface area contributed by atoms with Crippen LogP contribution in [0.2, 0.25) is 0 Å². The van der Waals surface area contributed by atoms with E-state index in [1.807, 2.05) is 12.1 Å². The monoisotopic (exact) mass is 300 g/mol. The lowest BCUT2D eigenvalue weighted by Gasteiger charge is -2.13. The van der Waals surface area contributed by atoms with Crippen molar-refractivity contribution in [3.05, 3.63) is 41.5 Å².